The quantitative estimate of drug-likeness (QED) is 0.537. The molecule has 178 valence electrons. The van der Waals surface area contributed by atoms with Crippen LogP contribution in [0, 0.1) is 0 Å². The van der Waals surface area contributed by atoms with Gasteiger partial charge in [-0.15, -0.1) is 11.3 Å². The molecule has 4 rings (SSSR count). The average molecular weight is 491 g/mol. The number of thiazole rings is 1. The van der Waals surface area contributed by atoms with Crippen LogP contribution in [-0.2, 0) is 15.7 Å². The SMILES string of the molecule is O=C(CN1CCOCC1)Nc1nc(-c2ccc(NC(=O)c3ccc(C(F)(F)F)cc3)cc2)cs1. The predicted octanol–water partition coefficient (Wildman–Crippen LogP) is 4.35. The van der Waals surface area contributed by atoms with Gasteiger partial charge in [0, 0.05) is 35.3 Å². The van der Waals surface area contributed by atoms with Crippen molar-refractivity contribution in [3.05, 3.63) is 65.0 Å². The summed E-state index contributed by atoms with van der Waals surface area (Å²) in [5, 5.41) is 7.78. The normalized spacial score (nSPS) is 14.6. The number of carbonyl (C=O) groups is 2. The first-order chi connectivity index (χ1) is 16.3. The second-order valence-corrected chi connectivity index (χ2v) is 8.44. The Morgan fingerprint density at radius 1 is 1.00 bits per heavy atom. The molecule has 0 bridgehead atoms. The van der Waals surface area contributed by atoms with Gasteiger partial charge < -0.3 is 15.4 Å². The highest BCUT2D eigenvalue weighted by molar-refractivity contribution is 7.14. The average Bonchev–Trinajstić information content (AvgIpc) is 3.28. The van der Waals surface area contributed by atoms with E-state index in [2.05, 4.69) is 15.6 Å². The van der Waals surface area contributed by atoms with E-state index in [0.29, 0.717) is 29.7 Å². The highest BCUT2D eigenvalue weighted by atomic mass is 32.1. The van der Waals surface area contributed by atoms with Crippen LogP contribution in [0.5, 0.6) is 0 Å². The molecule has 1 aromatic heterocycles. The van der Waals surface area contributed by atoms with E-state index in [4.69, 9.17) is 4.74 Å². The van der Waals surface area contributed by atoms with E-state index in [0.717, 1.165) is 42.9 Å². The Bertz CT molecular complexity index is 1140. The summed E-state index contributed by atoms with van der Waals surface area (Å²) in [6.07, 6.45) is -4.45. The lowest BCUT2D eigenvalue weighted by molar-refractivity contribution is -0.137. The number of hydrogen-bond acceptors (Lipinski definition) is 6. The molecule has 0 unspecified atom stereocenters. The Morgan fingerprint density at radius 2 is 1.68 bits per heavy atom. The Balaban J connectivity index is 1.33. The summed E-state index contributed by atoms with van der Waals surface area (Å²) in [6.45, 7) is 2.97. The van der Waals surface area contributed by atoms with Crippen LogP contribution < -0.4 is 10.6 Å². The van der Waals surface area contributed by atoms with Gasteiger partial charge in [0.05, 0.1) is 31.0 Å². The number of carbonyl (C=O) groups excluding carboxylic acids is 2. The van der Waals surface area contributed by atoms with Crippen LogP contribution in [0.25, 0.3) is 11.3 Å². The highest BCUT2D eigenvalue weighted by Gasteiger charge is 2.30. The number of ether oxygens (including phenoxy) is 1. The third-order valence-corrected chi connectivity index (χ3v) is 5.89. The van der Waals surface area contributed by atoms with Crippen molar-refractivity contribution in [2.45, 2.75) is 6.18 Å². The van der Waals surface area contributed by atoms with E-state index in [1.165, 1.54) is 11.3 Å². The van der Waals surface area contributed by atoms with Crippen LogP contribution in [0.4, 0.5) is 24.0 Å². The third-order valence-electron chi connectivity index (χ3n) is 5.13. The van der Waals surface area contributed by atoms with E-state index in [1.54, 1.807) is 24.3 Å². The Labute approximate surface area is 197 Å². The van der Waals surface area contributed by atoms with E-state index in [1.807, 2.05) is 10.3 Å². The maximum absolute atomic E-state index is 12.7. The van der Waals surface area contributed by atoms with Crippen LogP contribution in [0.15, 0.2) is 53.9 Å². The van der Waals surface area contributed by atoms with Crippen molar-refractivity contribution in [2.24, 2.45) is 0 Å². The summed E-state index contributed by atoms with van der Waals surface area (Å²) < 4.78 is 43.3. The number of aromatic nitrogens is 1. The number of benzene rings is 2. The van der Waals surface area contributed by atoms with Gasteiger partial charge >= 0.3 is 6.18 Å². The van der Waals surface area contributed by atoms with Crippen molar-refractivity contribution in [3.8, 4) is 11.3 Å². The van der Waals surface area contributed by atoms with Gasteiger partial charge in [-0.05, 0) is 36.4 Å². The molecule has 1 aliphatic heterocycles. The second-order valence-electron chi connectivity index (χ2n) is 7.58. The van der Waals surface area contributed by atoms with Crippen LogP contribution in [0.3, 0.4) is 0 Å². The summed E-state index contributed by atoms with van der Waals surface area (Å²) in [7, 11) is 0. The number of anilines is 2. The summed E-state index contributed by atoms with van der Waals surface area (Å²) >= 11 is 1.31. The molecular formula is C23H21F3N4O3S. The van der Waals surface area contributed by atoms with Crippen molar-refractivity contribution >= 4 is 34.0 Å². The standard InChI is InChI=1S/C23H21F3N4O3S/c24-23(25,26)17-5-1-16(2-6-17)21(32)27-18-7-3-15(4-8-18)19-14-34-22(28-19)29-20(31)13-30-9-11-33-12-10-30/h1-8,14H,9-13H2,(H,27,32)(H,28,29,31). The highest BCUT2D eigenvalue weighted by Crippen LogP contribution is 2.29. The van der Waals surface area contributed by atoms with E-state index in [-0.39, 0.29) is 18.0 Å². The van der Waals surface area contributed by atoms with Gasteiger partial charge in [0.2, 0.25) is 5.91 Å². The first kappa shape index (κ1) is 23.9. The molecule has 2 N–H and O–H groups in total. The molecule has 2 aromatic carbocycles. The number of nitrogens with zero attached hydrogens (tertiary/aromatic N) is 2. The molecular weight excluding hydrogens is 469 g/mol. The van der Waals surface area contributed by atoms with Crippen LogP contribution in [0.2, 0.25) is 0 Å². The minimum atomic E-state index is -4.45. The number of hydrogen-bond donors (Lipinski definition) is 2. The molecule has 11 heteroatoms. The fourth-order valence-electron chi connectivity index (χ4n) is 3.32. The lowest BCUT2D eigenvalue weighted by atomic mass is 10.1. The lowest BCUT2D eigenvalue weighted by Gasteiger charge is -2.25. The number of nitrogens with one attached hydrogen (secondary N) is 2. The first-order valence-corrected chi connectivity index (χ1v) is 11.3. The number of rotatable bonds is 6. The molecule has 2 heterocycles. The number of alkyl halides is 3. The number of halogens is 3. The molecule has 0 spiro atoms. The van der Waals surface area contributed by atoms with Gasteiger partial charge in [0.1, 0.15) is 0 Å². The molecule has 1 saturated heterocycles. The van der Waals surface area contributed by atoms with Gasteiger partial charge in [0.25, 0.3) is 5.91 Å². The molecule has 0 aliphatic carbocycles. The first-order valence-electron chi connectivity index (χ1n) is 10.4. The molecule has 1 fully saturated rings. The third kappa shape index (κ3) is 6.19. The Kier molecular flexibility index (Phi) is 7.25. The monoisotopic (exact) mass is 490 g/mol. The summed E-state index contributed by atoms with van der Waals surface area (Å²) in [5.41, 5.74) is 1.26. The van der Waals surface area contributed by atoms with Gasteiger partial charge in [-0.1, -0.05) is 12.1 Å². The zero-order chi connectivity index (χ0) is 24.1. The van der Waals surface area contributed by atoms with Gasteiger partial charge in [-0.2, -0.15) is 13.2 Å². The molecule has 0 atom stereocenters. The molecule has 0 saturated carbocycles. The van der Waals surface area contributed by atoms with Crippen LogP contribution in [0.1, 0.15) is 15.9 Å². The summed E-state index contributed by atoms with van der Waals surface area (Å²) in [4.78, 5) is 31.0. The van der Waals surface area contributed by atoms with Gasteiger partial charge in [0.15, 0.2) is 5.13 Å². The maximum Gasteiger partial charge on any atom is 0.416 e. The Morgan fingerprint density at radius 3 is 2.32 bits per heavy atom. The van der Waals surface area contributed by atoms with Crippen molar-refractivity contribution in [3.63, 3.8) is 0 Å². The lowest BCUT2D eigenvalue weighted by Crippen LogP contribution is -2.41. The van der Waals surface area contributed by atoms with E-state index in [9.17, 15) is 22.8 Å². The summed E-state index contributed by atoms with van der Waals surface area (Å²) in [5.74, 6) is -0.649. The number of morpholine rings is 1. The van der Waals surface area contributed by atoms with E-state index < -0.39 is 17.6 Å². The van der Waals surface area contributed by atoms with E-state index >= 15 is 0 Å². The molecule has 34 heavy (non-hydrogen) atoms. The maximum atomic E-state index is 12.7. The predicted molar refractivity (Wildman–Crippen MR) is 123 cm³/mol. The van der Waals surface area contributed by atoms with Gasteiger partial charge in [-0.25, -0.2) is 4.98 Å². The zero-order valence-electron chi connectivity index (χ0n) is 17.9. The van der Waals surface area contributed by atoms with Crippen LogP contribution in [-0.4, -0.2) is 54.5 Å². The fraction of sp³-hybridized carbons (Fsp3) is 0.261. The topological polar surface area (TPSA) is 83.6 Å². The van der Waals surface area contributed by atoms with Crippen molar-refractivity contribution in [1.29, 1.82) is 0 Å². The molecule has 0 radical (unpaired) electrons. The fourth-order valence-corrected chi connectivity index (χ4v) is 4.06. The van der Waals surface area contributed by atoms with Crippen molar-refractivity contribution in [1.82, 2.24) is 9.88 Å². The smallest absolute Gasteiger partial charge is 0.379 e. The second kappa shape index (κ2) is 10.3. The largest absolute Gasteiger partial charge is 0.416 e. The molecule has 2 amide bonds. The van der Waals surface area contributed by atoms with Crippen LogP contribution >= 0.6 is 11.3 Å². The minimum Gasteiger partial charge on any atom is -0.379 e. The molecule has 7 nitrogen and oxygen atoms in total. The van der Waals surface area contributed by atoms with Crippen molar-refractivity contribution in [2.75, 3.05) is 43.5 Å². The molecule has 1 aliphatic rings. The zero-order valence-corrected chi connectivity index (χ0v) is 18.7. The van der Waals surface area contributed by atoms with Gasteiger partial charge in [-0.3, -0.25) is 14.5 Å². The summed E-state index contributed by atoms with van der Waals surface area (Å²) in [6, 6.07) is 10.9. The Hall–Kier alpha value is -3.28. The molecule has 3 aromatic rings. The van der Waals surface area contributed by atoms with Crippen molar-refractivity contribution < 1.29 is 27.5 Å². The minimum absolute atomic E-state index is 0.119. The number of amides is 2.